The van der Waals surface area contributed by atoms with Crippen molar-refractivity contribution in [2.24, 2.45) is 0 Å². The molecular weight excluding hydrogens is 654 g/mol. The highest BCUT2D eigenvalue weighted by Gasteiger charge is 2.26. The van der Waals surface area contributed by atoms with E-state index in [2.05, 4.69) is 21.5 Å². The third kappa shape index (κ3) is 21.7. The van der Waals surface area contributed by atoms with Gasteiger partial charge in [-0.25, -0.2) is 9.59 Å². The smallest absolute Gasteiger partial charge is 0.326 e. The van der Waals surface area contributed by atoms with Crippen LogP contribution in [0, 0.1) is 12.3 Å². The topological polar surface area (TPSA) is 197 Å². The second-order valence-corrected chi connectivity index (χ2v) is 12.0. The molecule has 1 aliphatic heterocycles. The van der Waals surface area contributed by atoms with E-state index >= 15 is 0 Å². The summed E-state index contributed by atoms with van der Waals surface area (Å²) in [6, 6.07) is -2.07. The van der Waals surface area contributed by atoms with Gasteiger partial charge >= 0.3 is 11.9 Å². The van der Waals surface area contributed by atoms with Crippen LogP contribution in [0.25, 0.3) is 0 Å². The van der Waals surface area contributed by atoms with Gasteiger partial charge in [0.2, 0.25) is 17.7 Å². The molecule has 1 rings (SSSR count). The Kier molecular flexibility index (Phi) is 25.4. The number of hydrogen-bond donors (Lipinski definition) is 4. The van der Waals surface area contributed by atoms with Gasteiger partial charge in [-0.05, 0) is 12.8 Å². The van der Waals surface area contributed by atoms with Gasteiger partial charge in [-0.15, -0.1) is 6.42 Å². The molecule has 16 heteroatoms. The molecule has 1 aliphatic rings. The second-order valence-electron chi connectivity index (χ2n) is 12.0. The lowest BCUT2D eigenvalue weighted by Gasteiger charge is -2.36. The van der Waals surface area contributed by atoms with Crippen LogP contribution < -0.4 is 10.6 Å². The summed E-state index contributed by atoms with van der Waals surface area (Å²) in [7, 11) is 0. The van der Waals surface area contributed by atoms with Crippen LogP contribution in [-0.4, -0.2) is 172 Å². The highest BCUT2D eigenvalue weighted by molar-refractivity contribution is 5.87. The maximum absolute atomic E-state index is 12.9. The lowest BCUT2D eigenvalue weighted by atomic mass is 10.1. The fraction of sp³-hybridized carbons (Fsp3) is 0.794. The second kappa shape index (κ2) is 28.4. The average molecular weight is 714 g/mol. The standard InChI is InChI=1S/C34H59N5O11/c1-4-7-9-28(33(43)44)35-30(40)26-38(27-31(41)36-29(34(45)46)10-8-5-2)13-12-37-14-16-39(17-15-37)32(42)11-19-48-21-23-50-25-24-49-22-20-47-18-6-3/h3,28-29H,4-5,7-27H2,1-2H3,(H,35,40)(H,36,41)(H,43,44)(H,45,46)/t28-,29-/m0/s1. The van der Waals surface area contributed by atoms with Crippen molar-refractivity contribution in [3.8, 4) is 12.3 Å². The Bertz CT molecular complexity index is 992. The molecule has 0 spiro atoms. The average Bonchev–Trinajstić information content (AvgIpc) is 3.09. The van der Waals surface area contributed by atoms with E-state index in [1.54, 1.807) is 9.80 Å². The highest BCUT2D eigenvalue weighted by Crippen LogP contribution is 2.06. The van der Waals surface area contributed by atoms with E-state index in [1.807, 2.05) is 13.8 Å². The molecule has 0 aromatic carbocycles. The van der Waals surface area contributed by atoms with E-state index in [0.29, 0.717) is 105 Å². The molecule has 0 aliphatic carbocycles. The molecule has 286 valence electrons. The van der Waals surface area contributed by atoms with Gasteiger partial charge in [-0.1, -0.05) is 45.5 Å². The number of aliphatic carboxylic acids is 2. The first-order valence-corrected chi connectivity index (χ1v) is 17.6. The monoisotopic (exact) mass is 713 g/mol. The molecule has 0 bridgehead atoms. The number of hydrogen-bond acceptors (Lipinski definition) is 11. The third-order valence-corrected chi connectivity index (χ3v) is 7.91. The van der Waals surface area contributed by atoms with Crippen LogP contribution in [0.15, 0.2) is 0 Å². The van der Waals surface area contributed by atoms with Crippen molar-refractivity contribution in [3.63, 3.8) is 0 Å². The maximum Gasteiger partial charge on any atom is 0.326 e. The number of ether oxygens (including phenoxy) is 4. The van der Waals surface area contributed by atoms with Crippen molar-refractivity contribution < 1.29 is 53.1 Å². The Morgan fingerprint density at radius 2 is 1.20 bits per heavy atom. The summed E-state index contributed by atoms with van der Waals surface area (Å²) in [4.78, 5) is 67.2. The zero-order chi connectivity index (χ0) is 37.0. The van der Waals surface area contributed by atoms with Gasteiger partial charge in [0.25, 0.3) is 0 Å². The molecule has 0 aromatic rings. The van der Waals surface area contributed by atoms with Crippen LogP contribution in [-0.2, 0) is 42.9 Å². The first kappa shape index (κ1) is 44.7. The van der Waals surface area contributed by atoms with Crippen molar-refractivity contribution in [2.75, 3.05) is 105 Å². The SMILES string of the molecule is C#CCOCCOCCOCCOCCC(=O)N1CCN(CCN(CC(=O)N[C@@H](CCCC)C(=O)O)CC(=O)N[C@@H](CCCC)C(=O)O)CC1. The van der Waals surface area contributed by atoms with Crippen molar-refractivity contribution in [2.45, 2.75) is 70.9 Å². The molecule has 1 heterocycles. The van der Waals surface area contributed by atoms with Crippen LogP contribution in [0.1, 0.15) is 58.8 Å². The minimum Gasteiger partial charge on any atom is -0.480 e. The van der Waals surface area contributed by atoms with Gasteiger partial charge in [0, 0.05) is 39.3 Å². The number of rotatable bonds is 30. The summed E-state index contributed by atoms with van der Waals surface area (Å²) in [5, 5.41) is 24.1. The van der Waals surface area contributed by atoms with Gasteiger partial charge in [0.15, 0.2) is 0 Å². The van der Waals surface area contributed by atoms with Crippen LogP contribution in [0.5, 0.6) is 0 Å². The number of carboxylic acids is 2. The first-order chi connectivity index (χ1) is 24.1. The van der Waals surface area contributed by atoms with Gasteiger partial charge in [-0.2, -0.15) is 0 Å². The minimum atomic E-state index is -1.12. The number of terminal acetylenes is 1. The predicted octanol–water partition coefficient (Wildman–Crippen LogP) is 0.0415. The quantitative estimate of drug-likeness (QED) is 0.0576. The number of carboxylic acid groups (broad SMARTS) is 2. The number of carbonyl (C=O) groups is 5. The number of unbranched alkanes of at least 4 members (excludes halogenated alkanes) is 2. The molecule has 1 fully saturated rings. The summed E-state index contributed by atoms with van der Waals surface area (Å²) in [5.74, 6) is -0.933. The summed E-state index contributed by atoms with van der Waals surface area (Å²) in [5.41, 5.74) is 0. The molecule has 4 N–H and O–H groups in total. The number of piperazine rings is 1. The number of nitrogens with one attached hydrogen (secondary N) is 2. The van der Waals surface area contributed by atoms with E-state index < -0.39 is 35.8 Å². The summed E-state index contributed by atoms with van der Waals surface area (Å²) < 4.78 is 21.4. The molecule has 16 nitrogen and oxygen atoms in total. The Balaban J connectivity index is 2.49. The minimum absolute atomic E-state index is 0.00638. The lowest BCUT2D eigenvalue weighted by molar-refractivity contribution is -0.142. The Hall–Kier alpha value is -3.33. The number of nitrogens with zero attached hydrogens (tertiary/aromatic N) is 3. The summed E-state index contributed by atoms with van der Waals surface area (Å²) in [6.45, 7) is 9.48. The molecule has 3 amide bonds. The number of amides is 3. The maximum atomic E-state index is 12.9. The van der Waals surface area contributed by atoms with Gasteiger partial charge in [0.05, 0.1) is 65.8 Å². The van der Waals surface area contributed by atoms with E-state index in [-0.39, 0.29) is 38.6 Å². The molecular formula is C34H59N5O11. The van der Waals surface area contributed by atoms with Crippen molar-refractivity contribution in [1.82, 2.24) is 25.3 Å². The molecule has 0 radical (unpaired) electrons. The zero-order valence-corrected chi connectivity index (χ0v) is 29.9. The fourth-order valence-electron chi connectivity index (χ4n) is 5.04. The third-order valence-electron chi connectivity index (χ3n) is 7.91. The van der Waals surface area contributed by atoms with Crippen LogP contribution >= 0.6 is 0 Å². The molecule has 50 heavy (non-hydrogen) atoms. The van der Waals surface area contributed by atoms with Crippen LogP contribution in [0.3, 0.4) is 0 Å². The van der Waals surface area contributed by atoms with Crippen molar-refractivity contribution in [3.05, 3.63) is 0 Å². The Morgan fingerprint density at radius 3 is 1.64 bits per heavy atom. The zero-order valence-electron chi connectivity index (χ0n) is 29.9. The largest absolute Gasteiger partial charge is 0.480 e. The van der Waals surface area contributed by atoms with Crippen LogP contribution in [0.2, 0.25) is 0 Å². The Labute approximate surface area is 296 Å². The lowest BCUT2D eigenvalue weighted by Crippen LogP contribution is -2.53. The Morgan fingerprint density at radius 1 is 0.740 bits per heavy atom. The van der Waals surface area contributed by atoms with E-state index in [9.17, 15) is 34.2 Å². The highest BCUT2D eigenvalue weighted by atomic mass is 16.6. The van der Waals surface area contributed by atoms with Gasteiger partial charge in [-0.3, -0.25) is 24.2 Å². The number of carbonyl (C=O) groups excluding carboxylic acids is 3. The molecule has 0 unspecified atom stereocenters. The predicted molar refractivity (Wildman–Crippen MR) is 184 cm³/mol. The summed E-state index contributed by atoms with van der Waals surface area (Å²) in [6.07, 6.45) is 8.76. The fourth-order valence-corrected chi connectivity index (χ4v) is 5.04. The van der Waals surface area contributed by atoms with E-state index in [0.717, 1.165) is 12.8 Å². The van der Waals surface area contributed by atoms with E-state index in [1.165, 1.54) is 0 Å². The van der Waals surface area contributed by atoms with Gasteiger partial charge in [0.1, 0.15) is 18.7 Å². The molecule has 0 aromatic heterocycles. The molecule has 0 saturated carbocycles. The molecule has 2 atom stereocenters. The van der Waals surface area contributed by atoms with Crippen molar-refractivity contribution in [1.29, 1.82) is 0 Å². The van der Waals surface area contributed by atoms with Crippen molar-refractivity contribution >= 4 is 29.7 Å². The normalized spacial score (nSPS) is 14.6. The van der Waals surface area contributed by atoms with E-state index in [4.69, 9.17) is 25.4 Å². The van der Waals surface area contributed by atoms with Gasteiger partial charge < -0.3 is 44.7 Å². The summed E-state index contributed by atoms with van der Waals surface area (Å²) >= 11 is 0. The van der Waals surface area contributed by atoms with Crippen LogP contribution in [0.4, 0.5) is 0 Å². The first-order valence-electron chi connectivity index (χ1n) is 17.6. The molecule has 1 saturated heterocycles.